The van der Waals surface area contributed by atoms with E-state index < -0.39 is 0 Å². The van der Waals surface area contributed by atoms with Crippen LogP contribution in [0.15, 0.2) is 0 Å². The molecular weight excluding hydrogens is 220 g/mol. The molecule has 106 valence electrons. The van der Waals surface area contributed by atoms with Gasteiger partial charge in [0.1, 0.15) is 0 Å². The zero-order valence-electron chi connectivity index (χ0n) is 12.5. The van der Waals surface area contributed by atoms with Crippen molar-refractivity contribution in [1.29, 1.82) is 0 Å². The monoisotopic (exact) mass is 252 g/mol. The van der Waals surface area contributed by atoms with Gasteiger partial charge in [0.25, 0.3) is 0 Å². The summed E-state index contributed by atoms with van der Waals surface area (Å²) in [5.41, 5.74) is 0. The van der Waals surface area contributed by atoms with E-state index in [1.54, 1.807) is 0 Å². The first kappa shape index (κ1) is 14.3. The van der Waals surface area contributed by atoms with Gasteiger partial charge in [-0.05, 0) is 39.2 Å². The fraction of sp³-hybridized carbons (Fsp3) is 1.00. The maximum Gasteiger partial charge on any atom is 0.0250 e. The Balaban J connectivity index is 1.58. The SMILES string of the molecule is CCCCCCCC(C)NC1CCN2CCCC12. The van der Waals surface area contributed by atoms with Crippen LogP contribution in [0.3, 0.4) is 0 Å². The minimum atomic E-state index is 0.720. The van der Waals surface area contributed by atoms with Crippen LogP contribution < -0.4 is 5.32 Å². The Morgan fingerprint density at radius 1 is 1.11 bits per heavy atom. The van der Waals surface area contributed by atoms with E-state index in [0.717, 1.165) is 18.1 Å². The molecule has 2 aliphatic heterocycles. The zero-order chi connectivity index (χ0) is 12.8. The normalized spacial score (nSPS) is 29.7. The molecule has 0 aliphatic carbocycles. The highest BCUT2D eigenvalue weighted by Gasteiger charge is 2.37. The van der Waals surface area contributed by atoms with Crippen LogP contribution in [0.2, 0.25) is 0 Å². The first-order valence-corrected chi connectivity index (χ1v) is 8.31. The quantitative estimate of drug-likeness (QED) is 0.665. The van der Waals surface area contributed by atoms with E-state index in [1.165, 1.54) is 70.9 Å². The van der Waals surface area contributed by atoms with Gasteiger partial charge in [0.15, 0.2) is 0 Å². The topological polar surface area (TPSA) is 15.3 Å². The van der Waals surface area contributed by atoms with Crippen molar-refractivity contribution in [2.45, 2.75) is 89.8 Å². The molecule has 2 heterocycles. The average Bonchev–Trinajstić information content (AvgIpc) is 2.94. The first-order valence-electron chi connectivity index (χ1n) is 8.31. The van der Waals surface area contributed by atoms with Gasteiger partial charge in [-0.1, -0.05) is 39.0 Å². The van der Waals surface area contributed by atoms with Crippen LogP contribution in [0.25, 0.3) is 0 Å². The van der Waals surface area contributed by atoms with Gasteiger partial charge in [-0.3, -0.25) is 4.90 Å². The van der Waals surface area contributed by atoms with Crippen LogP contribution >= 0.6 is 0 Å². The van der Waals surface area contributed by atoms with Crippen molar-refractivity contribution in [2.24, 2.45) is 0 Å². The maximum atomic E-state index is 3.90. The smallest absolute Gasteiger partial charge is 0.0250 e. The lowest BCUT2D eigenvalue weighted by atomic mass is 10.0. The molecule has 2 heteroatoms. The van der Waals surface area contributed by atoms with Crippen molar-refractivity contribution >= 4 is 0 Å². The predicted molar refractivity (Wildman–Crippen MR) is 79.0 cm³/mol. The summed E-state index contributed by atoms with van der Waals surface area (Å²) in [7, 11) is 0. The number of fused-ring (bicyclic) bond motifs is 1. The van der Waals surface area contributed by atoms with Gasteiger partial charge in [-0.15, -0.1) is 0 Å². The van der Waals surface area contributed by atoms with Crippen LogP contribution in [0.1, 0.15) is 71.6 Å². The van der Waals surface area contributed by atoms with E-state index in [0.29, 0.717) is 0 Å². The molecule has 0 radical (unpaired) electrons. The number of nitrogens with one attached hydrogen (secondary N) is 1. The molecule has 0 amide bonds. The van der Waals surface area contributed by atoms with E-state index in [4.69, 9.17) is 0 Å². The summed E-state index contributed by atoms with van der Waals surface area (Å²) in [5, 5.41) is 3.90. The molecule has 2 rings (SSSR count). The lowest BCUT2D eigenvalue weighted by Gasteiger charge is -2.25. The third-order valence-electron chi connectivity index (χ3n) is 4.85. The summed E-state index contributed by atoms with van der Waals surface area (Å²) in [6, 6.07) is 2.38. The second kappa shape index (κ2) is 7.49. The summed E-state index contributed by atoms with van der Waals surface area (Å²) in [6.45, 7) is 7.37. The molecule has 0 bridgehead atoms. The Hall–Kier alpha value is -0.0800. The highest BCUT2D eigenvalue weighted by atomic mass is 15.2. The van der Waals surface area contributed by atoms with Gasteiger partial charge in [0, 0.05) is 24.7 Å². The van der Waals surface area contributed by atoms with Crippen molar-refractivity contribution in [3.8, 4) is 0 Å². The highest BCUT2D eigenvalue weighted by Crippen LogP contribution is 2.28. The van der Waals surface area contributed by atoms with Crippen molar-refractivity contribution in [1.82, 2.24) is 10.2 Å². The number of nitrogens with zero attached hydrogens (tertiary/aromatic N) is 1. The lowest BCUT2D eigenvalue weighted by Crippen LogP contribution is -2.43. The lowest BCUT2D eigenvalue weighted by molar-refractivity contribution is 0.287. The average molecular weight is 252 g/mol. The van der Waals surface area contributed by atoms with E-state index in [-0.39, 0.29) is 0 Å². The summed E-state index contributed by atoms with van der Waals surface area (Å²) in [6.07, 6.45) is 12.7. The van der Waals surface area contributed by atoms with Crippen LogP contribution in [-0.2, 0) is 0 Å². The Labute approximate surface area is 114 Å². The van der Waals surface area contributed by atoms with Crippen molar-refractivity contribution in [2.75, 3.05) is 13.1 Å². The van der Waals surface area contributed by atoms with Gasteiger partial charge in [0.05, 0.1) is 0 Å². The van der Waals surface area contributed by atoms with E-state index in [2.05, 4.69) is 24.1 Å². The predicted octanol–water partition coefficient (Wildman–Crippen LogP) is 3.56. The standard InChI is InChI=1S/C16H32N2/c1-3-4-5-6-7-9-14(2)17-15-11-13-18-12-8-10-16(15)18/h14-17H,3-13H2,1-2H3. The molecule has 0 aromatic carbocycles. The second-order valence-electron chi connectivity index (χ2n) is 6.41. The Bertz CT molecular complexity index is 229. The van der Waals surface area contributed by atoms with Gasteiger partial charge in [-0.2, -0.15) is 0 Å². The number of unbranched alkanes of at least 4 members (excludes halogenated alkanes) is 4. The molecule has 2 nitrogen and oxygen atoms in total. The van der Waals surface area contributed by atoms with Crippen LogP contribution in [0.5, 0.6) is 0 Å². The third kappa shape index (κ3) is 3.96. The first-order chi connectivity index (χ1) is 8.81. The van der Waals surface area contributed by atoms with E-state index in [1.807, 2.05) is 0 Å². The second-order valence-corrected chi connectivity index (χ2v) is 6.41. The van der Waals surface area contributed by atoms with Crippen molar-refractivity contribution < 1.29 is 0 Å². The molecule has 3 unspecified atom stereocenters. The molecular formula is C16H32N2. The summed E-state index contributed by atoms with van der Waals surface area (Å²) >= 11 is 0. The minimum Gasteiger partial charge on any atom is -0.310 e. The van der Waals surface area contributed by atoms with Crippen molar-refractivity contribution in [3.63, 3.8) is 0 Å². The van der Waals surface area contributed by atoms with Gasteiger partial charge in [0.2, 0.25) is 0 Å². The van der Waals surface area contributed by atoms with Gasteiger partial charge in [-0.25, -0.2) is 0 Å². The molecule has 2 fully saturated rings. The number of hydrogen-bond donors (Lipinski definition) is 1. The molecule has 3 atom stereocenters. The fourth-order valence-electron chi connectivity index (χ4n) is 3.78. The molecule has 0 spiro atoms. The zero-order valence-corrected chi connectivity index (χ0v) is 12.5. The Morgan fingerprint density at radius 2 is 1.94 bits per heavy atom. The highest BCUT2D eigenvalue weighted by molar-refractivity contribution is 4.96. The van der Waals surface area contributed by atoms with E-state index in [9.17, 15) is 0 Å². The molecule has 0 aromatic rings. The Morgan fingerprint density at radius 3 is 2.78 bits per heavy atom. The van der Waals surface area contributed by atoms with E-state index >= 15 is 0 Å². The molecule has 2 aliphatic rings. The summed E-state index contributed by atoms with van der Waals surface area (Å²) < 4.78 is 0. The summed E-state index contributed by atoms with van der Waals surface area (Å²) in [4.78, 5) is 2.70. The molecule has 0 saturated carbocycles. The van der Waals surface area contributed by atoms with Crippen molar-refractivity contribution in [3.05, 3.63) is 0 Å². The Kier molecular flexibility index (Phi) is 5.97. The number of rotatable bonds is 8. The minimum absolute atomic E-state index is 0.720. The molecule has 1 N–H and O–H groups in total. The van der Waals surface area contributed by atoms with Crippen LogP contribution in [0.4, 0.5) is 0 Å². The fourth-order valence-corrected chi connectivity index (χ4v) is 3.78. The molecule has 0 aromatic heterocycles. The largest absolute Gasteiger partial charge is 0.310 e. The van der Waals surface area contributed by atoms with Crippen LogP contribution in [0, 0.1) is 0 Å². The third-order valence-corrected chi connectivity index (χ3v) is 4.85. The van der Waals surface area contributed by atoms with Gasteiger partial charge >= 0.3 is 0 Å². The molecule has 18 heavy (non-hydrogen) atoms. The van der Waals surface area contributed by atoms with Crippen LogP contribution in [-0.4, -0.2) is 36.1 Å². The number of hydrogen-bond acceptors (Lipinski definition) is 2. The molecule has 2 saturated heterocycles. The maximum absolute atomic E-state index is 3.90. The summed E-state index contributed by atoms with van der Waals surface area (Å²) in [5.74, 6) is 0. The van der Waals surface area contributed by atoms with Gasteiger partial charge < -0.3 is 5.32 Å².